The Bertz CT molecular complexity index is 719. The summed E-state index contributed by atoms with van der Waals surface area (Å²) in [5, 5.41) is 0. The van der Waals surface area contributed by atoms with Crippen molar-refractivity contribution in [1.82, 2.24) is 0 Å². The number of ether oxygens (including phenoxy) is 1. The Morgan fingerprint density at radius 2 is 1.92 bits per heavy atom. The molecule has 0 saturated heterocycles. The number of methoxy groups -OCH3 is 1. The van der Waals surface area contributed by atoms with Gasteiger partial charge in [0.2, 0.25) is 0 Å². The lowest BCUT2D eigenvalue weighted by Crippen LogP contribution is -2.30. The predicted octanol–water partition coefficient (Wildman–Crippen LogP) is 6.27. The van der Waals surface area contributed by atoms with Crippen molar-refractivity contribution in [2.24, 2.45) is 0 Å². The van der Waals surface area contributed by atoms with Crippen LogP contribution in [0.1, 0.15) is 44.2 Å². The van der Waals surface area contributed by atoms with Crippen molar-refractivity contribution < 1.29 is 22.3 Å². The molecule has 0 fully saturated rings. The maximum atomic E-state index is 14.3. The van der Waals surface area contributed by atoms with Crippen LogP contribution in [0.5, 0.6) is 5.75 Å². The van der Waals surface area contributed by atoms with Gasteiger partial charge in [0.1, 0.15) is 11.6 Å². The number of benzene rings is 1. The Hall–Kier alpha value is -1.49. The lowest BCUT2D eigenvalue weighted by atomic mass is 9.69. The topological polar surface area (TPSA) is 9.23 Å². The summed E-state index contributed by atoms with van der Waals surface area (Å²) >= 11 is 5.98. The van der Waals surface area contributed by atoms with Gasteiger partial charge < -0.3 is 4.74 Å². The van der Waals surface area contributed by atoms with Crippen LogP contribution < -0.4 is 4.74 Å². The first kappa shape index (κ1) is 19.8. The number of allylic oxidation sites excluding steroid dienone is 4. The molecule has 1 aliphatic rings. The van der Waals surface area contributed by atoms with Crippen molar-refractivity contribution in [1.29, 1.82) is 0 Å². The molecule has 0 N–H and O–H groups in total. The molecule has 0 heterocycles. The second-order valence-corrected chi connectivity index (χ2v) is 6.99. The monoisotopic (exact) mass is 376 g/mol. The van der Waals surface area contributed by atoms with Gasteiger partial charge in [-0.1, -0.05) is 26.8 Å². The van der Waals surface area contributed by atoms with E-state index in [1.54, 1.807) is 6.07 Å². The van der Waals surface area contributed by atoms with Crippen molar-refractivity contribution >= 4 is 11.6 Å². The molecule has 0 aromatic heterocycles. The second-order valence-electron chi connectivity index (χ2n) is 6.73. The third-order valence-corrected chi connectivity index (χ3v) is 5.06. The Labute approximate surface area is 150 Å². The summed E-state index contributed by atoms with van der Waals surface area (Å²) in [7, 11) is 1.42. The largest absolute Gasteiger partial charge is 0.496 e. The van der Waals surface area contributed by atoms with E-state index in [9.17, 15) is 17.6 Å². The third-order valence-electron chi connectivity index (χ3n) is 4.78. The lowest BCUT2D eigenvalue weighted by Gasteiger charge is -2.36. The van der Waals surface area contributed by atoms with Crippen LogP contribution in [0, 0.1) is 5.82 Å². The number of hydrogen-bond donors (Lipinski definition) is 0. The minimum Gasteiger partial charge on any atom is -0.496 e. The van der Waals surface area contributed by atoms with Gasteiger partial charge >= 0.3 is 6.18 Å². The summed E-state index contributed by atoms with van der Waals surface area (Å²) in [6.45, 7) is 5.53. The van der Waals surface area contributed by atoms with Crippen LogP contribution in [-0.2, 0) is 5.41 Å². The van der Waals surface area contributed by atoms with Gasteiger partial charge in [0.05, 0.1) is 12.7 Å². The minimum absolute atomic E-state index is 0.0541. The zero-order valence-electron chi connectivity index (χ0n) is 14.6. The molecule has 1 aromatic rings. The zero-order chi connectivity index (χ0) is 19.0. The van der Waals surface area contributed by atoms with Gasteiger partial charge in [-0.15, -0.1) is 11.6 Å². The van der Waals surface area contributed by atoms with E-state index < -0.39 is 23.0 Å². The summed E-state index contributed by atoms with van der Waals surface area (Å²) < 4.78 is 58.7. The number of rotatable bonds is 4. The number of alkyl halides is 4. The summed E-state index contributed by atoms with van der Waals surface area (Å²) in [4.78, 5) is 0. The average Bonchev–Trinajstić information content (AvgIpc) is 2.53. The van der Waals surface area contributed by atoms with E-state index in [4.69, 9.17) is 16.3 Å². The summed E-state index contributed by atoms with van der Waals surface area (Å²) in [6.07, 6.45) is -2.06. The molecule has 0 amide bonds. The van der Waals surface area contributed by atoms with Crippen molar-refractivity contribution in [2.75, 3.05) is 13.0 Å². The second kappa shape index (κ2) is 7.02. The molecule has 1 aliphatic carbocycles. The molecule has 1 aromatic carbocycles. The molecule has 6 heteroatoms. The molecular formula is C19H21ClF4O. The molecular weight excluding hydrogens is 356 g/mol. The minimum atomic E-state index is -4.42. The van der Waals surface area contributed by atoms with Gasteiger partial charge in [-0.2, -0.15) is 13.2 Å². The first-order valence-corrected chi connectivity index (χ1v) is 8.50. The van der Waals surface area contributed by atoms with E-state index in [2.05, 4.69) is 0 Å². The summed E-state index contributed by atoms with van der Waals surface area (Å²) in [5.41, 5.74) is 0.0783. The van der Waals surface area contributed by atoms with Gasteiger partial charge in [0.25, 0.3) is 0 Å². The van der Waals surface area contributed by atoms with Gasteiger partial charge in [0, 0.05) is 22.9 Å². The number of halogens is 5. The van der Waals surface area contributed by atoms with E-state index in [1.165, 1.54) is 13.2 Å². The van der Waals surface area contributed by atoms with E-state index >= 15 is 0 Å². The van der Waals surface area contributed by atoms with Crippen molar-refractivity contribution in [3.05, 3.63) is 52.4 Å². The molecule has 1 atom stereocenters. The number of hydrogen-bond acceptors (Lipinski definition) is 1. The average molecular weight is 377 g/mol. The Balaban J connectivity index is 2.63. The van der Waals surface area contributed by atoms with Crippen LogP contribution in [0.4, 0.5) is 17.6 Å². The maximum absolute atomic E-state index is 14.3. The Morgan fingerprint density at radius 1 is 1.28 bits per heavy atom. The summed E-state index contributed by atoms with van der Waals surface area (Å²) in [5.74, 6) is -0.203. The smallest absolute Gasteiger partial charge is 0.416 e. The quantitative estimate of drug-likeness (QED) is 0.444. The normalized spacial score (nSPS) is 21.2. The van der Waals surface area contributed by atoms with Gasteiger partial charge in [0.15, 0.2) is 0 Å². The van der Waals surface area contributed by atoms with Crippen LogP contribution in [0.2, 0.25) is 0 Å². The predicted molar refractivity (Wildman–Crippen MR) is 92.0 cm³/mol. The highest BCUT2D eigenvalue weighted by atomic mass is 35.5. The zero-order valence-corrected chi connectivity index (χ0v) is 15.4. The molecule has 0 bridgehead atoms. The molecule has 0 aliphatic heterocycles. The molecule has 0 spiro atoms. The SMILES string of the molecule is COc1cc(F)c(C(C)C)cc1C1(C)CC=C(C(F)(F)F)C=C1CCl. The Kier molecular flexibility index (Phi) is 5.57. The van der Waals surface area contributed by atoms with Gasteiger partial charge in [-0.25, -0.2) is 4.39 Å². The van der Waals surface area contributed by atoms with Crippen LogP contribution in [-0.4, -0.2) is 19.2 Å². The molecule has 2 rings (SSSR count). The Morgan fingerprint density at radius 3 is 2.40 bits per heavy atom. The van der Waals surface area contributed by atoms with E-state index in [0.29, 0.717) is 22.4 Å². The highest BCUT2D eigenvalue weighted by Crippen LogP contribution is 2.47. The molecule has 1 nitrogen and oxygen atoms in total. The first-order chi connectivity index (χ1) is 11.5. The lowest BCUT2D eigenvalue weighted by molar-refractivity contribution is -0.0888. The summed E-state index contributed by atoms with van der Waals surface area (Å²) in [6, 6.07) is 2.98. The molecule has 1 unspecified atom stereocenters. The van der Waals surface area contributed by atoms with Crippen molar-refractivity contribution in [3.63, 3.8) is 0 Å². The van der Waals surface area contributed by atoms with Gasteiger partial charge in [-0.3, -0.25) is 0 Å². The van der Waals surface area contributed by atoms with E-state index in [0.717, 1.165) is 12.2 Å². The molecule has 0 saturated carbocycles. The molecule has 25 heavy (non-hydrogen) atoms. The van der Waals surface area contributed by atoms with Crippen LogP contribution in [0.15, 0.2) is 35.4 Å². The van der Waals surface area contributed by atoms with Crippen LogP contribution in [0.25, 0.3) is 0 Å². The molecule has 0 radical (unpaired) electrons. The fourth-order valence-corrected chi connectivity index (χ4v) is 3.50. The van der Waals surface area contributed by atoms with Crippen LogP contribution in [0.3, 0.4) is 0 Å². The van der Waals surface area contributed by atoms with E-state index in [1.807, 2.05) is 20.8 Å². The highest BCUT2D eigenvalue weighted by Gasteiger charge is 2.41. The van der Waals surface area contributed by atoms with Crippen molar-refractivity contribution in [2.45, 2.75) is 44.7 Å². The first-order valence-electron chi connectivity index (χ1n) is 7.97. The van der Waals surface area contributed by atoms with Crippen molar-refractivity contribution in [3.8, 4) is 5.75 Å². The van der Waals surface area contributed by atoms with Crippen LogP contribution >= 0.6 is 11.6 Å². The third kappa shape index (κ3) is 3.71. The fourth-order valence-electron chi connectivity index (χ4n) is 3.13. The fraction of sp³-hybridized carbons (Fsp3) is 0.474. The molecule has 138 valence electrons. The highest BCUT2D eigenvalue weighted by molar-refractivity contribution is 6.19. The van der Waals surface area contributed by atoms with Gasteiger partial charge in [-0.05, 0) is 35.6 Å². The standard InChI is InChI=1S/C19H21ClF4O/c1-11(2)14-8-15(17(25-4)9-16(14)21)18(3)6-5-12(19(22,23)24)7-13(18)10-20/h5,7-9,11H,6,10H2,1-4H3. The van der Waals surface area contributed by atoms with E-state index in [-0.39, 0.29) is 18.2 Å². The maximum Gasteiger partial charge on any atom is 0.416 e.